The molecule has 0 aromatic heterocycles. The van der Waals surface area contributed by atoms with Gasteiger partial charge in [-0.3, -0.25) is 4.79 Å². The van der Waals surface area contributed by atoms with E-state index >= 15 is 0 Å². The van der Waals surface area contributed by atoms with Crippen LogP contribution < -0.4 is 11.1 Å². The van der Waals surface area contributed by atoms with Crippen LogP contribution in [-0.2, 0) is 4.79 Å². The van der Waals surface area contributed by atoms with Crippen molar-refractivity contribution in [2.45, 2.75) is 38.6 Å². The van der Waals surface area contributed by atoms with Gasteiger partial charge in [-0.15, -0.1) is 0 Å². The summed E-state index contributed by atoms with van der Waals surface area (Å²) in [6.45, 7) is 1.63. The van der Waals surface area contributed by atoms with Gasteiger partial charge in [-0.05, 0) is 32.6 Å². The van der Waals surface area contributed by atoms with E-state index < -0.39 is 6.03 Å². The van der Waals surface area contributed by atoms with Crippen LogP contribution in [0, 0.1) is 5.92 Å². The van der Waals surface area contributed by atoms with Gasteiger partial charge in [0.05, 0.1) is 0 Å². The molecule has 4 nitrogen and oxygen atoms in total. The van der Waals surface area contributed by atoms with Crippen molar-refractivity contribution in [3.63, 3.8) is 0 Å². The fraction of sp³-hybridized carbons (Fsp3) is 0.778. The summed E-state index contributed by atoms with van der Waals surface area (Å²) in [5, 5.41) is 2.67. The van der Waals surface area contributed by atoms with E-state index in [1.807, 2.05) is 0 Å². The summed E-state index contributed by atoms with van der Waals surface area (Å²) in [6.07, 6.45) is 3.49. The summed E-state index contributed by atoms with van der Waals surface area (Å²) in [5.41, 5.74) is 5.00. The van der Waals surface area contributed by atoms with E-state index in [0.29, 0.717) is 0 Å². The summed E-state index contributed by atoms with van der Waals surface area (Å²) < 4.78 is 0. The molecule has 13 heavy (non-hydrogen) atoms. The van der Waals surface area contributed by atoms with E-state index in [1.54, 1.807) is 6.92 Å². The minimum Gasteiger partial charge on any atom is -0.352 e. The quantitative estimate of drug-likeness (QED) is 0.666. The molecule has 0 bridgehead atoms. The number of rotatable bonds is 2. The molecule has 74 valence electrons. The van der Waals surface area contributed by atoms with Crippen LogP contribution in [0.25, 0.3) is 0 Å². The Labute approximate surface area is 77.9 Å². The lowest BCUT2D eigenvalue weighted by molar-refractivity contribution is -0.121. The van der Waals surface area contributed by atoms with E-state index in [9.17, 15) is 9.59 Å². The van der Waals surface area contributed by atoms with Gasteiger partial charge in [-0.2, -0.15) is 0 Å². The van der Waals surface area contributed by atoms with Gasteiger partial charge >= 0.3 is 6.03 Å². The maximum absolute atomic E-state index is 11.0. The first-order valence-electron chi connectivity index (χ1n) is 4.66. The molecule has 3 N–H and O–H groups in total. The fourth-order valence-electron chi connectivity index (χ4n) is 1.85. The number of ketones is 1. The third-order valence-electron chi connectivity index (χ3n) is 2.65. The van der Waals surface area contributed by atoms with Crippen molar-refractivity contribution in [1.82, 2.24) is 5.32 Å². The average molecular weight is 184 g/mol. The van der Waals surface area contributed by atoms with Crippen molar-refractivity contribution in [3.05, 3.63) is 0 Å². The van der Waals surface area contributed by atoms with Crippen LogP contribution in [-0.4, -0.2) is 17.9 Å². The van der Waals surface area contributed by atoms with Gasteiger partial charge in [0.1, 0.15) is 5.78 Å². The number of amides is 2. The standard InChI is InChI=1S/C9H16N2O2/c1-6(12)7-2-4-8(5-3-7)11-9(10)13/h7-8H,2-5H2,1H3,(H3,10,11,13)/t7-,8-. The minimum atomic E-state index is -0.466. The number of nitrogens with two attached hydrogens (primary N) is 1. The molecular formula is C9H16N2O2. The van der Waals surface area contributed by atoms with Gasteiger partial charge in [-0.1, -0.05) is 0 Å². The van der Waals surface area contributed by atoms with Crippen molar-refractivity contribution in [1.29, 1.82) is 0 Å². The van der Waals surface area contributed by atoms with Gasteiger partial charge in [0.25, 0.3) is 0 Å². The van der Waals surface area contributed by atoms with Crippen LogP contribution in [0.15, 0.2) is 0 Å². The van der Waals surface area contributed by atoms with Crippen molar-refractivity contribution in [3.8, 4) is 0 Å². The summed E-state index contributed by atoms with van der Waals surface area (Å²) >= 11 is 0. The Morgan fingerprint density at radius 3 is 2.15 bits per heavy atom. The lowest BCUT2D eigenvalue weighted by atomic mass is 9.84. The maximum atomic E-state index is 11.0. The van der Waals surface area contributed by atoms with Gasteiger partial charge in [-0.25, -0.2) is 4.79 Å². The molecule has 1 saturated carbocycles. The third-order valence-corrected chi connectivity index (χ3v) is 2.65. The van der Waals surface area contributed by atoms with Crippen molar-refractivity contribution >= 4 is 11.8 Å². The van der Waals surface area contributed by atoms with Crippen molar-refractivity contribution in [2.75, 3.05) is 0 Å². The number of hydrogen-bond acceptors (Lipinski definition) is 2. The van der Waals surface area contributed by atoms with Crippen LogP contribution in [0.2, 0.25) is 0 Å². The Morgan fingerprint density at radius 1 is 1.23 bits per heavy atom. The normalized spacial score (nSPS) is 28.1. The van der Waals surface area contributed by atoms with Gasteiger partial charge < -0.3 is 11.1 Å². The van der Waals surface area contributed by atoms with Crippen LogP contribution in [0.1, 0.15) is 32.6 Å². The maximum Gasteiger partial charge on any atom is 0.312 e. The molecule has 1 fully saturated rings. The highest BCUT2D eigenvalue weighted by Gasteiger charge is 2.24. The molecule has 0 spiro atoms. The highest BCUT2D eigenvalue weighted by molar-refractivity contribution is 5.78. The zero-order valence-electron chi connectivity index (χ0n) is 7.88. The Kier molecular flexibility index (Phi) is 3.28. The minimum absolute atomic E-state index is 0.174. The SMILES string of the molecule is CC(=O)[C@H]1CC[C@H](NC(N)=O)CC1. The number of primary amides is 1. The Balaban J connectivity index is 2.30. The zero-order chi connectivity index (χ0) is 9.84. The second-order valence-corrected chi connectivity index (χ2v) is 3.67. The molecular weight excluding hydrogens is 168 g/mol. The molecule has 4 heteroatoms. The summed E-state index contributed by atoms with van der Waals surface area (Å²) in [6, 6.07) is -0.292. The molecule has 0 radical (unpaired) electrons. The van der Waals surface area contributed by atoms with Crippen molar-refractivity contribution in [2.24, 2.45) is 11.7 Å². The summed E-state index contributed by atoms with van der Waals surface area (Å²) in [7, 11) is 0. The van der Waals surface area contributed by atoms with Crippen LogP contribution >= 0.6 is 0 Å². The van der Waals surface area contributed by atoms with E-state index in [2.05, 4.69) is 5.32 Å². The molecule has 0 aliphatic heterocycles. The highest BCUT2D eigenvalue weighted by atomic mass is 16.2. The first-order valence-corrected chi connectivity index (χ1v) is 4.66. The Morgan fingerprint density at radius 2 is 1.77 bits per heavy atom. The lowest BCUT2D eigenvalue weighted by Gasteiger charge is -2.26. The number of carbonyl (C=O) groups excluding carboxylic acids is 2. The van der Waals surface area contributed by atoms with Gasteiger partial charge in [0.2, 0.25) is 0 Å². The Bertz CT molecular complexity index is 208. The monoisotopic (exact) mass is 184 g/mol. The average Bonchev–Trinajstić information content (AvgIpc) is 2.04. The van der Waals surface area contributed by atoms with Crippen LogP contribution in [0.5, 0.6) is 0 Å². The molecule has 1 rings (SSSR count). The number of Topliss-reactive ketones (excluding diaryl/α,β-unsaturated/α-hetero) is 1. The first-order chi connectivity index (χ1) is 6.09. The predicted octanol–water partition coefficient (Wildman–Crippen LogP) is 0.803. The summed E-state index contributed by atoms with van der Waals surface area (Å²) in [4.78, 5) is 21.5. The lowest BCUT2D eigenvalue weighted by Crippen LogP contribution is -2.41. The van der Waals surface area contributed by atoms with Gasteiger partial charge in [0.15, 0.2) is 0 Å². The molecule has 2 amide bonds. The van der Waals surface area contributed by atoms with Crippen LogP contribution in [0.3, 0.4) is 0 Å². The van der Waals surface area contributed by atoms with Gasteiger partial charge in [0, 0.05) is 12.0 Å². The molecule has 1 aliphatic rings. The molecule has 1 aliphatic carbocycles. The van der Waals surface area contributed by atoms with E-state index in [0.717, 1.165) is 25.7 Å². The third kappa shape index (κ3) is 3.05. The number of urea groups is 1. The van der Waals surface area contributed by atoms with Crippen LogP contribution in [0.4, 0.5) is 4.79 Å². The number of hydrogen-bond donors (Lipinski definition) is 2. The molecule has 0 unspecified atom stereocenters. The first kappa shape index (κ1) is 10.0. The summed E-state index contributed by atoms with van der Waals surface area (Å²) in [5.74, 6) is 0.462. The molecule has 0 heterocycles. The van der Waals surface area contributed by atoms with E-state index in [1.165, 1.54) is 0 Å². The van der Waals surface area contributed by atoms with E-state index in [4.69, 9.17) is 5.73 Å². The number of nitrogens with one attached hydrogen (secondary N) is 1. The smallest absolute Gasteiger partial charge is 0.312 e. The molecule has 0 atom stereocenters. The predicted molar refractivity (Wildman–Crippen MR) is 49.1 cm³/mol. The van der Waals surface area contributed by atoms with E-state index in [-0.39, 0.29) is 17.7 Å². The molecule has 0 aromatic carbocycles. The topological polar surface area (TPSA) is 72.2 Å². The second-order valence-electron chi connectivity index (χ2n) is 3.67. The molecule has 0 saturated heterocycles. The largest absolute Gasteiger partial charge is 0.352 e. The zero-order valence-corrected chi connectivity index (χ0v) is 7.88. The second kappa shape index (κ2) is 4.25. The van der Waals surface area contributed by atoms with Crippen molar-refractivity contribution < 1.29 is 9.59 Å². The molecule has 0 aromatic rings. The number of carbonyl (C=O) groups is 2. The Hall–Kier alpha value is -1.06. The fourth-order valence-corrected chi connectivity index (χ4v) is 1.85. The highest BCUT2D eigenvalue weighted by Crippen LogP contribution is 2.24.